The Bertz CT molecular complexity index is 389. The van der Waals surface area contributed by atoms with Crippen LogP contribution >= 0.6 is 0 Å². The molecule has 0 saturated carbocycles. The molecule has 0 fully saturated rings. The Balaban J connectivity index is 0.000000181. The van der Waals surface area contributed by atoms with Crippen LogP contribution in [0.1, 0.15) is 26.7 Å². The van der Waals surface area contributed by atoms with Crippen molar-refractivity contribution in [2.24, 2.45) is 7.05 Å². The Morgan fingerprint density at radius 1 is 1.18 bits per heavy atom. The molecule has 0 aromatic carbocycles. The van der Waals surface area contributed by atoms with Gasteiger partial charge in [0.25, 0.3) is 0 Å². The lowest BCUT2D eigenvalue weighted by atomic mass is 10.3. The predicted octanol–water partition coefficient (Wildman–Crippen LogP) is 2.02. The Hall–Kier alpha value is -1.58. The van der Waals surface area contributed by atoms with E-state index in [-0.39, 0.29) is 0 Å². The fourth-order valence-corrected chi connectivity index (χ4v) is 1.45. The Kier molecular flexibility index (Phi) is 6.07. The average Bonchev–Trinajstić information content (AvgIpc) is 2.98. The van der Waals surface area contributed by atoms with Crippen LogP contribution in [0.15, 0.2) is 37.4 Å². The summed E-state index contributed by atoms with van der Waals surface area (Å²) in [5, 5.41) is 0. The third-order valence-electron chi connectivity index (χ3n) is 2.52. The number of rotatable bonds is 4. The van der Waals surface area contributed by atoms with E-state index in [9.17, 15) is 0 Å². The van der Waals surface area contributed by atoms with Gasteiger partial charge in [-0.1, -0.05) is 13.3 Å². The molecule has 4 heteroatoms. The predicted molar refractivity (Wildman–Crippen MR) is 68.4 cm³/mol. The summed E-state index contributed by atoms with van der Waals surface area (Å²) in [6, 6.07) is 0. The van der Waals surface area contributed by atoms with Crippen molar-refractivity contribution in [3.8, 4) is 0 Å². The second-order valence-corrected chi connectivity index (χ2v) is 4.06. The van der Waals surface area contributed by atoms with Crippen molar-refractivity contribution in [3.05, 3.63) is 37.4 Å². The van der Waals surface area contributed by atoms with Gasteiger partial charge in [0.15, 0.2) is 0 Å². The van der Waals surface area contributed by atoms with Crippen molar-refractivity contribution in [2.45, 2.75) is 39.8 Å². The molecular formula is C13H23N4+. The minimum Gasteiger partial charge on any atom is -0.338 e. The highest BCUT2D eigenvalue weighted by atomic mass is 15.1. The van der Waals surface area contributed by atoms with Crippen LogP contribution in [0.4, 0.5) is 0 Å². The Morgan fingerprint density at radius 3 is 2.41 bits per heavy atom. The van der Waals surface area contributed by atoms with Gasteiger partial charge in [0.2, 0.25) is 6.33 Å². The van der Waals surface area contributed by atoms with Gasteiger partial charge in [0.05, 0.1) is 19.9 Å². The molecule has 0 aliphatic carbocycles. The molecule has 0 amide bonds. The molecule has 2 rings (SSSR count). The van der Waals surface area contributed by atoms with Gasteiger partial charge >= 0.3 is 0 Å². The summed E-state index contributed by atoms with van der Waals surface area (Å²) >= 11 is 0. The van der Waals surface area contributed by atoms with E-state index in [1.54, 1.807) is 12.5 Å². The average molecular weight is 235 g/mol. The fourth-order valence-electron chi connectivity index (χ4n) is 1.45. The number of hydrogen-bond donors (Lipinski definition) is 0. The van der Waals surface area contributed by atoms with E-state index in [1.165, 1.54) is 12.8 Å². The standard InChI is InChI=1S/C8H15N2.C5H8N2/c1-3-4-5-10-7-6-9(2)8-10;1-2-7-4-3-6-5-7/h6-8H,3-5H2,1-2H3;3-5H,2H2,1H3/q+1;. The third kappa shape index (κ3) is 5.33. The molecule has 94 valence electrons. The number of aromatic nitrogens is 4. The van der Waals surface area contributed by atoms with Gasteiger partial charge in [-0.25, -0.2) is 14.1 Å². The number of unbranched alkanes of at least 4 members (excludes halogenated alkanes) is 1. The first kappa shape index (κ1) is 13.5. The summed E-state index contributed by atoms with van der Waals surface area (Å²) in [4.78, 5) is 3.86. The molecule has 17 heavy (non-hydrogen) atoms. The second kappa shape index (κ2) is 7.65. The van der Waals surface area contributed by atoms with Crippen LogP contribution in [0.3, 0.4) is 0 Å². The van der Waals surface area contributed by atoms with Crippen LogP contribution in [0.25, 0.3) is 0 Å². The lowest BCUT2D eigenvalue weighted by Crippen LogP contribution is -2.23. The van der Waals surface area contributed by atoms with Crippen LogP contribution < -0.4 is 4.57 Å². The molecule has 2 heterocycles. The van der Waals surface area contributed by atoms with E-state index in [1.807, 2.05) is 17.8 Å². The van der Waals surface area contributed by atoms with Gasteiger partial charge < -0.3 is 4.57 Å². The van der Waals surface area contributed by atoms with E-state index >= 15 is 0 Å². The molecule has 0 bridgehead atoms. The molecule has 0 N–H and O–H groups in total. The summed E-state index contributed by atoms with van der Waals surface area (Å²) in [5.41, 5.74) is 0. The maximum Gasteiger partial charge on any atom is 0.243 e. The molecular weight excluding hydrogens is 212 g/mol. The fraction of sp³-hybridized carbons (Fsp3) is 0.538. The molecule has 2 aromatic rings. The minimum atomic E-state index is 1.01. The minimum absolute atomic E-state index is 1.01. The van der Waals surface area contributed by atoms with E-state index in [0.717, 1.165) is 13.1 Å². The lowest BCUT2D eigenvalue weighted by molar-refractivity contribution is -0.671. The zero-order chi connectivity index (χ0) is 12.5. The summed E-state index contributed by atoms with van der Waals surface area (Å²) in [6.07, 6.45) is 14.3. The number of nitrogens with zero attached hydrogens (tertiary/aromatic N) is 4. The van der Waals surface area contributed by atoms with E-state index in [0.29, 0.717) is 0 Å². The monoisotopic (exact) mass is 235 g/mol. The van der Waals surface area contributed by atoms with E-state index in [2.05, 4.69) is 46.7 Å². The number of imidazole rings is 2. The van der Waals surface area contributed by atoms with Gasteiger partial charge in [0.1, 0.15) is 12.4 Å². The topological polar surface area (TPSA) is 26.6 Å². The molecule has 0 radical (unpaired) electrons. The summed E-state index contributed by atoms with van der Waals surface area (Å²) in [6.45, 7) is 6.46. The number of hydrogen-bond acceptors (Lipinski definition) is 1. The molecule has 0 unspecified atom stereocenters. The third-order valence-corrected chi connectivity index (χ3v) is 2.52. The smallest absolute Gasteiger partial charge is 0.243 e. The van der Waals surface area contributed by atoms with Gasteiger partial charge in [0, 0.05) is 18.9 Å². The zero-order valence-electron chi connectivity index (χ0n) is 11.1. The van der Waals surface area contributed by atoms with Gasteiger partial charge in [-0.05, 0) is 13.3 Å². The van der Waals surface area contributed by atoms with E-state index in [4.69, 9.17) is 0 Å². The van der Waals surface area contributed by atoms with Crippen molar-refractivity contribution in [3.63, 3.8) is 0 Å². The number of aryl methyl sites for hydroxylation is 3. The SMILES string of the molecule is CCCCn1cc[n+](C)c1.CCn1ccnc1. The van der Waals surface area contributed by atoms with Crippen LogP contribution in [0.5, 0.6) is 0 Å². The maximum absolute atomic E-state index is 3.86. The van der Waals surface area contributed by atoms with E-state index < -0.39 is 0 Å². The first-order valence-electron chi connectivity index (χ1n) is 6.23. The zero-order valence-corrected chi connectivity index (χ0v) is 11.1. The molecule has 0 atom stereocenters. The van der Waals surface area contributed by atoms with Gasteiger partial charge in [-0.3, -0.25) is 0 Å². The van der Waals surface area contributed by atoms with Crippen LogP contribution in [0, 0.1) is 0 Å². The molecule has 2 aromatic heterocycles. The maximum atomic E-state index is 3.86. The van der Waals surface area contributed by atoms with Crippen molar-refractivity contribution in [1.82, 2.24) is 14.1 Å². The largest absolute Gasteiger partial charge is 0.338 e. The van der Waals surface area contributed by atoms with Crippen LogP contribution in [-0.4, -0.2) is 14.1 Å². The highest BCUT2D eigenvalue weighted by molar-refractivity contribution is 4.72. The molecule has 0 spiro atoms. The summed E-state index contributed by atoms with van der Waals surface area (Å²) < 4.78 is 6.29. The van der Waals surface area contributed by atoms with Gasteiger partial charge in [-0.2, -0.15) is 0 Å². The second-order valence-electron chi connectivity index (χ2n) is 4.06. The summed E-state index contributed by atoms with van der Waals surface area (Å²) in [7, 11) is 2.04. The molecule has 0 aliphatic rings. The van der Waals surface area contributed by atoms with Gasteiger partial charge in [-0.15, -0.1) is 0 Å². The highest BCUT2D eigenvalue weighted by Gasteiger charge is 1.96. The van der Waals surface area contributed by atoms with Crippen molar-refractivity contribution >= 4 is 0 Å². The van der Waals surface area contributed by atoms with Crippen molar-refractivity contribution in [2.75, 3.05) is 0 Å². The first-order chi connectivity index (χ1) is 8.26. The molecule has 0 saturated heterocycles. The summed E-state index contributed by atoms with van der Waals surface area (Å²) in [5.74, 6) is 0. The van der Waals surface area contributed by atoms with Crippen LogP contribution in [-0.2, 0) is 20.1 Å². The highest BCUT2D eigenvalue weighted by Crippen LogP contribution is 1.91. The lowest BCUT2D eigenvalue weighted by Gasteiger charge is -1.90. The normalized spacial score (nSPS) is 9.82. The molecule has 4 nitrogen and oxygen atoms in total. The Labute approximate surface area is 104 Å². The molecule has 0 aliphatic heterocycles. The first-order valence-corrected chi connectivity index (χ1v) is 6.23. The van der Waals surface area contributed by atoms with Crippen LogP contribution in [0.2, 0.25) is 0 Å². The van der Waals surface area contributed by atoms with Crippen molar-refractivity contribution in [1.29, 1.82) is 0 Å². The van der Waals surface area contributed by atoms with Crippen molar-refractivity contribution < 1.29 is 4.57 Å². The quantitative estimate of drug-likeness (QED) is 0.745. The Morgan fingerprint density at radius 2 is 2.00 bits per heavy atom.